The van der Waals surface area contributed by atoms with Crippen LogP contribution in [-0.2, 0) is 0 Å². The molecule has 0 saturated heterocycles. The maximum atomic E-state index is 11.9. The van der Waals surface area contributed by atoms with Gasteiger partial charge in [-0.1, -0.05) is 15.9 Å². The number of carbonyl (C=O) groups is 1. The number of phenols is 1. The maximum Gasteiger partial charge on any atom is 0.259 e. The number of hydrogen-bond acceptors (Lipinski definition) is 3. The molecule has 0 spiro atoms. The number of aromatic hydroxyl groups is 1. The first-order valence-corrected chi connectivity index (χ1v) is 6.56. The van der Waals surface area contributed by atoms with Crippen molar-refractivity contribution in [3.05, 3.63) is 51.2 Å². The van der Waals surface area contributed by atoms with Gasteiger partial charge in [0.2, 0.25) is 0 Å². The van der Waals surface area contributed by atoms with E-state index >= 15 is 0 Å². The maximum absolute atomic E-state index is 11.9. The van der Waals surface area contributed by atoms with Crippen LogP contribution in [0.3, 0.4) is 0 Å². The van der Waals surface area contributed by atoms with Crippen LogP contribution in [0.25, 0.3) is 0 Å². The predicted octanol–water partition coefficient (Wildman–Crippen LogP) is 3.56. The molecule has 0 radical (unpaired) electrons. The van der Waals surface area contributed by atoms with Crippen molar-refractivity contribution in [3.63, 3.8) is 0 Å². The summed E-state index contributed by atoms with van der Waals surface area (Å²) < 4.78 is 1.40. The third kappa shape index (κ3) is 3.08. The van der Waals surface area contributed by atoms with Crippen molar-refractivity contribution in [1.29, 1.82) is 0 Å². The number of nitrogens with one attached hydrogen (secondary N) is 1. The molecule has 0 aliphatic carbocycles. The van der Waals surface area contributed by atoms with Gasteiger partial charge < -0.3 is 10.4 Å². The lowest BCUT2D eigenvalue weighted by Crippen LogP contribution is -2.12. The number of amides is 1. The van der Waals surface area contributed by atoms with Gasteiger partial charge in [0.15, 0.2) is 0 Å². The largest absolute Gasteiger partial charge is 0.507 e. The van der Waals surface area contributed by atoms with E-state index in [0.717, 1.165) is 0 Å². The fraction of sp³-hybridized carbons (Fsp3) is 0. The van der Waals surface area contributed by atoms with Crippen molar-refractivity contribution >= 4 is 43.5 Å². The van der Waals surface area contributed by atoms with Gasteiger partial charge in [0.05, 0.1) is 17.4 Å². The first kappa shape index (κ1) is 13.0. The van der Waals surface area contributed by atoms with Gasteiger partial charge in [-0.05, 0) is 46.3 Å². The lowest BCUT2D eigenvalue weighted by Gasteiger charge is -2.06. The quantitative estimate of drug-likeness (QED) is 0.793. The molecule has 1 aromatic heterocycles. The van der Waals surface area contributed by atoms with E-state index in [1.807, 2.05) is 0 Å². The summed E-state index contributed by atoms with van der Waals surface area (Å²) in [6.45, 7) is 0. The normalized spacial score (nSPS) is 10.1. The van der Waals surface area contributed by atoms with Crippen molar-refractivity contribution in [1.82, 2.24) is 4.98 Å². The predicted molar refractivity (Wildman–Crippen MR) is 75.7 cm³/mol. The topological polar surface area (TPSA) is 62.2 Å². The van der Waals surface area contributed by atoms with Crippen molar-refractivity contribution in [3.8, 4) is 5.75 Å². The van der Waals surface area contributed by atoms with Gasteiger partial charge in [0, 0.05) is 4.47 Å². The smallest absolute Gasteiger partial charge is 0.259 e. The summed E-state index contributed by atoms with van der Waals surface area (Å²) >= 11 is 6.42. The molecule has 0 saturated carbocycles. The SMILES string of the molecule is O=C(Nc1ccc(Br)nc1)c1ccc(Br)cc1O. The molecule has 0 bridgehead atoms. The Morgan fingerprint density at radius 3 is 2.61 bits per heavy atom. The molecule has 92 valence electrons. The average Bonchev–Trinajstić information content (AvgIpc) is 2.32. The second kappa shape index (κ2) is 5.49. The highest BCUT2D eigenvalue weighted by Crippen LogP contribution is 2.23. The lowest BCUT2D eigenvalue weighted by molar-refractivity contribution is 0.102. The summed E-state index contributed by atoms with van der Waals surface area (Å²) in [6.07, 6.45) is 1.53. The second-order valence-electron chi connectivity index (χ2n) is 3.49. The third-order valence-corrected chi connectivity index (χ3v) is 3.15. The highest BCUT2D eigenvalue weighted by molar-refractivity contribution is 9.10. The van der Waals surface area contributed by atoms with Crippen molar-refractivity contribution < 1.29 is 9.90 Å². The summed E-state index contributed by atoms with van der Waals surface area (Å²) in [5.74, 6) is -0.462. The van der Waals surface area contributed by atoms with Crippen molar-refractivity contribution in [2.75, 3.05) is 5.32 Å². The molecule has 4 nitrogen and oxygen atoms in total. The van der Waals surface area contributed by atoms with Crippen LogP contribution < -0.4 is 5.32 Å². The highest BCUT2D eigenvalue weighted by atomic mass is 79.9. The zero-order valence-corrected chi connectivity index (χ0v) is 12.2. The van der Waals surface area contributed by atoms with Gasteiger partial charge in [0.1, 0.15) is 10.4 Å². The van der Waals surface area contributed by atoms with E-state index in [1.165, 1.54) is 12.3 Å². The van der Waals surface area contributed by atoms with E-state index in [-0.39, 0.29) is 17.2 Å². The first-order valence-electron chi connectivity index (χ1n) is 4.97. The number of halogens is 2. The number of rotatable bonds is 2. The molecule has 0 atom stereocenters. The Morgan fingerprint density at radius 1 is 1.22 bits per heavy atom. The van der Waals surface area contributed by atoms with Crippen LogP contribution in [0.4, 0.5) is 5.69 Å². The van der Waals surface area contributed by atoms with E-state index in [9.17, 15) is 9.90 Å². The lowest BCUT2D eigenvalue weighted by atomic mass is 10.2. The number of hydrogen-bond donors (Lipinski definition) is 2. The summed E-state index contributed by atoms with van der Waals surface area (Å²) in [7, 11) is 0. The fourth-order valence-corrected chi connectivity index (χ4v) is 1.93. The first-order chi connectivity index (χ1) is 8.56. The Morgan fingerprint density at radius 2 is 2.00 bits per heavy atom. The number of phenolic OH excluding ortho intramolecular Hbond substituents is 1. The zero-order chi connectivity index (χ0) is 13.1. The summed E-state index contributed by atoms with van der Waals surface area (Å²) in [6, 6.07) is 8.13. The van der Waals surface area contributed by atoms with Crippen LogP contribution in [-0.4, -0.2) is 16.0 Å². The highest BCUT2D eigenvalue weighted by Gasteiger charge is 2.11. The number of carbonyl (C=O) groups excluding carboxylic acids is 1. The number of benzene rings is 1. The Bertz CT molecular complexity index is 585. The molecule has 0 fully saturated rings. The Hall–Kier alpha value is -1.40. The van der Waals surface area contributed by atoms with Crippen LogP contribution in [0.5, 0.6) is 5.75 Å². The minimum Gasteiger partial charge on any atom is -0.507 e. The molecule has 2 rings (SSSR count). The molecule has 1 aromatic carbocycles. The number of nitrogens with zero attached hydrogens (tertiary/aromatic N) is 1. The molecular weight excluding hydrogens is 364 g/mol. The second-order valence-corrected chi connectivity index (χ2v) is 5.21. The summed E-state index contributed by atoms with van der Waals surface area (Å²) in [5, 5.41) is 12.3. The Kier molecular flexibility index (Phi) is 3.98. The van der Waals surface area contributed by atoms with Crippen molar-refractivity contribution in [2.24, 2.45) is 0 Å². The molecule has 0 aliphatic rings. The molecule has 1 amide bonds. The monoisotopic (exact) mass is 370 g/mol. The zero-order valence-electron chi connectivity index (χ0n) is 9.02. The van der Waals surface area contributed by atoms with Gasteiger partial charge in [0.25, 0.3) is 5.91 Å². The minimum absolute atomic E-state index is 0.0769. The molecule has 0 aliphatic heterocycles. The fourth-order valence-electron chi connectivity index (χ4n) is 1.34. The molecule has 18 heavy (non-hydrogen) atoms. The van der Waals surface area contributed by atoms with E-state index in [1.54, 1.807) is 24.3 Å². The van der Waals surface area contributed by atoms with E-state index < -0.39 is 0 Å². The number of anilines is 1. The van der Waals surface area contributed by atoms with Gasteiger partial charge in [-0.3, -0.25) is 4.79 Å². The standard InChI is InChI=1S/C12H8Br2N2O2/c13-7-1-3-9(10(17)5-7)12(18)16-8-2-4-11(14)15-6-8/h1-6,17H,(H,16,18). The summed E-state index contributed by atoms with van der Waals surface area (Å²) in [4.78, 5) is 15.9. The van der Waals surface area contributed by atoms with E-state index in [4.69, 9.17) is 0 Å². The number of pyridine rings is 1. The molecule has 2 aromatic rings. The van der Waals surface area contributed by atoms with Crippen molar-refractivity contribution in [2.45, 2.75) is 0 Å². The van der Waals surface area contributed by atoms with Gasteiger partial charge in [-0.25, -0.2) is 4.98 Å². The Labute approximate surface area is 120 Å². The van der Waals surface area contributed by atoms with Gasteiger partial charge >= 0.3 is 0 Å². The van der Waals surface area contributed by atoms with Crippen LogP contribution in [0.2, 0.25) is 0 Å². The van der Waals surface area contributed by atoms with E-state index in [0.29, 0.717) is 14.8 Å². The van der Waals surface area contributed by atoms with Gasteiger partial charge in [-0.2, -0.15) is 0 Å². The minimum atomic E-state index is -0.385. The number of aromatic nitrogens is 1. The van der Waals surface area contributed by atoms with Gasteiger partial charge in [-0.15, -0.1) is 0 Å². The molecular formula is C12H8Br2N2O2. The third-order valence-electron chi connectivity index (χ3n) is 2.19. The molecule has 6 heteroatoms. The van der Waals surface area contributed by atoms with Crippen LogP contribution in [0, 0.1) is 0 Å². The Balaban J connectivity index is 2.19. The molecule has 1 heterocycles. The van der Waals surface area contributed by atoms with E-state index in [2.05, 4.69) is 42.2 Å². The molecule has 2 N–H and O–H groups in total. The summed E-state index contributed by atoms with van der Waals surface area (Å²) in [5.41, 5.74) is 0.770. The average molecular weight is 372 g/mol. The van der Waals surface area contributed by atoms with Crippen LogP contribution >= 0.6 is 31.9 Å². The van der Waals surface area contributed by atoms with Crippen LogP contribution in [0.15, 0.2) is 45.6 Å². The van der Waals surface area contributed by atoms with Crippen LogP contribution in [0.1, 0.15) is 10.4 Å². The molecule has 0 unspecified atom stereocenters.